The van der Waals surface area contributed by atoms with Gasteiger partial charge in [-0.05, 0) is 31.0 Å². The monoisotopic (exact) mass is 222 g/mol. The molecule has 0 aliphatic rings. The second kappa shape index (κ2) is 3.54. The molecule has 0 amide bonds. The molecule has 2 nitrogen and oxygen atoms in total. The summed E-state index contributed by atoms with van der Waals surface area (Å²) in [4.78, 5) is 0. The molecule has 15 heavy (non-hydrogen) atoms. The highest BCUT2D eigenvalue weighted by Gasteiger charge is 2.13. The molecule has 0 fully saturated rings. The van der Waals surface area contributed by atoms with Gasteiger partial charge in [0, 0.05) is 29.7 Å². The first kappa shape index (κ1) is 10.5. The number of benzene rings is 1. The lowest BCUT2D eigenvalue weighted by Gasteiger charge is -2.03. The standard InChI is InChI=1S/C12H15ClN2/c1-7-11(13)5-4-9-10(6-14)8(2)15(3)12(7)9/h4-5H,6,14H2,1-3H3. The zero-order valence-electron chi connectivity index (χ0n) is 9.26. The number of halogens is 1. The third-order valence-corrected chi connectivity index (χ3v) is 3.58. The highest BCUT2D eigenvalue weighted by atomic mass is 35.5. The third kappa shape index (κ3) is 1.36. The summed E-state index contributed by atoms with van der Waals surface area (Å²) in [5.41, 5.74) is 10.5. The third-order valence-electron chi connectivity index (χ3n) is 3.17. The summed E-state index contributed by atoms with van der Waals surface area (Å²) in [6.45, 7) is 4.71. The maximum Gasteiger partial charge on any atom is 0.0527 e. The summed E-state index contributed by atoms with van der Waals surface area (Å²) >= 11 is 6.12. The minimum Gasteiger partial charge on any atom is -0.347 e. The molecule has 0 bridgehead atoms. The highest BCUT2D eigenvalue weighted by Crippen LogP contribution is 2.30. The van der Waals surface area contributed by atoms with Crippen molar-refractivity contribution < 1.29 is 0 Å². The molecule has 80 valence electrons. The average Bonchev–Trinajstić information content (AvgIpc) is 2.46. The smallest absolute Gasteiger partial charge is 0.0527 e. The SMILES string of the molecule is Cc1c(Cl)ccc2c(CN)c(C)n(C)c12. The predicted octanol–water partition coefficient (Wildman–Crippen LogP) is 2.91. The summed E-state index contributed by atoms with van der Waals surface area (Å²) < 4.78 is 2.17. The number of aromatic nitrogens is 1. The molecule has 0 spiro atoms. The fraction of sp³-hybridized carbons (Fsp3) is 0.333. The number of fused-ring (bicyclic) bond motifs is 1. The highest BCUT2D eigenvalue weighted by molar-refractivity contribution is 6.32. The van der Waals surface area contributed by atoms with Gasteiger partial charge in [0.2, 0.25) is 0 Å². The maximum absolute atomic E-state index is 6.12. The molecule has 3 heteroatoms. The van der Waals surface area contributed by atoms with Crippen LogP contribution in [-0.2, 0) is 13.6 Å². The van der Waals surface area contributed by atoms with Gasteiger partial charge in [0.25, 0.3) is 0 Å². The number of nitrogens with two attached hydrogens (primary N) is 1. The Hall–Kier alpha value is -0.990. The van der Waals surface area contributed by atoms with Crippen molar-refractivity contribution in [1.82, 2.24) is 4.57 Å². The van der Waals surface area contributed by atoms with E-state index in [0.717, 1.165) is 10.6 Å². The van der Waals surface area contributed by atoms with E-state index in [4.69, 9.17) is 17.3 Å². The molecule has 0 aliphatic carbocycles. The van der Waals surface area contributed by atoms with Crippen molar-refractivity contribution in [2.24, 2.45) is 12.8 Å². The van der Waals surface area contributed by atoms with E-state index < -0.39 is 0 Å². The van der Waals surface area contributed by atoms with Gasteiger partial charge in [-0.25, -0.2) is 0 Å². The molecule has 0 aliphatic heterocycles. The number of rotatable bonds is 1. The van der Waals surface area contributed by atoms with Crippen LogP contribution in [0.4, 0.5) is 0 Å². The van der Waals surface area contributed by atoms with E-state index in [-0.39, 0.29) is 0 Å². The van der Waals surface area contributed by atoms with E-state index >= 15 is 0 Å². The van der Waals surface area contributed by atoms with E-state index in [2.05, 4.69) is 24.6 Å². The van der Waals surface area contributed by atoms with Gasteiger partial charge in [-0.2, -0.15) is 0 Å². The van der Waals surface area contributed by atoms with Crippen LogP contribution in [0.2, 0.25) is 5.02 Å². The Morgan fingerprint density at radius 2 is 2.00 bits per heavy atom. The first-order valence-electron chi connectivity index (χ1n) is 5.01. The molecule has 1 heterocycles. The van der Waals surface area contributed by atoms with Crippen LogP contribution in [0.5, 0.6) is 0 Å². The Bertz CT molecular complexity index is 526. The van der Waals surface area contributed by atoms with Gasteiger partial charge in [-0.3, -0.25) is 0 Å². The molecule has 2 rings (SSSR count). The summed E-state index contributed by atoms with van der Waals surface area (Å²) in [6.07, 6.45) is 0. The van der Waals surface area contributed by atoms with Crippen molar-refractivity contribution in [2.75, 3.05) is 0 Å². The van der Waals surface area contributed by atoms with Crippen LogP contribution < -0.4 is 5.73 Å². The Morgan fingerprint density at radius 3 is 2.60 bits per heavy atom. The topological polar surface area (TPSA) is 30.9 Å². The average molecular weight is 223 g/mol. The summed E-state index contributed by atoms with van der Waals surface area (Å²) in [5, 5.41) is 2.03. The van der Waals surface area contributed by atoms with E-state index in [1.54, 1.807) is 0 Å². The molecule has 2 N–H and O–H groups in total. The van der Waals surface area contributed by atoms with Gasteiger partial charge >= 0.3 is 0 Å². The van der Waals surface area contributed by atoms with Gasteiger partial charge in [-0.15, -0.1) is 0 Å². The van der Waals surface area contributed by atoms with Crippen molar-refractivity contribution >= 4 is 22.5 Å². The fourth-order valence-corrected chi connectivity index (χ4v) is 2.33. The second-order valence-electron chi connectivity index (χ2n) is 3.90. The van der Waals surface area contributed by atoms with Gasteiger partial charge in [0.05, 0.1) is 5.52 Å². The van der Waals surface area contributed by atoms with Crippen LogP contribution in [0.15, 0.2) is 12.1 Å². The molecule has 1 aromatic carbocycles. The summed E-state index contributed by atoms with van der Waals surface area (Å²) in [7, 11) is 2.06. The molecule has 0 saturated heterocycles. The molecular weight excluding hydrogens is 208 g/mol. The molecule has 0 unspecified atom stereocenters. The van der Waals surface area contributed by atoms with Crippen LogP contribution in [-0.4, -0.2) is 4.57 Å². The van der Waals surface area contributed by atoms with Crippen molar-refractivity contribution in [2.45, 2.75) is 20.4 Å². The Balaban J connectivity index is 2.97. The lowest BCUT2D eigenvalue weighted by molar-refractivity contribution is 0.891. The number of aryl methyl sites for hydroxylation is 2. The summed E-state index contributed by atoms with van der Waals surface area (Å²) in [5.74, 6) is 0. The van der Waals surface area contributed by atoms with E-state index in [1.165, 1.54) is 22.2 Å². The van der Waals surface area contributed by atoms with E-state index in [0.29, 0.717) is 6.54 Å². The van der Waals surface area contributed by atoms with Gasteiger partial charge in [0.15, 0.2) is 0 Å². The van der Waals surface area contributed by atoms with E-state index in [1.807, 2.05) is 13.0 Å². The molecule has 0 atom stereocenters. The Labute approximate surface area is 94.6 Å². The Morgan fingerprint density at radius 1 is 1.33 bits per heavy atom. The van der Waals surface area contributed by atoms with Crippen molar-refractivity contribution in [3.05, 3.63) is 34.0 Å². The fourth-order valence-electron chi connectivity index (χ4n) is 2.17. The first-order valence-corrected chi connectivity index (χ1v) is 5.38. The summed E-state index contributed by atoms with van der Waals surface area (Å²) in [6, 6.07) is 4.00. The van der Waals surface area contributed by atoms with Crippen LogP contribution >= 0.6 is 11.6 Å². The van der Waals surface area contributed by atoms with E-state index in [9.17, 15) is 0 Å². The van der Waals surface area contributed by atoms with Crippen molar-refractivity contribution in [1.29, 1.82) is 0 Å². The zero-order chi connectivity index (χ0) is 11.2. The van der Waals surface area contributed by atoms with Crippen LogP contribution in [0.1, 0.15) is 16.8 Å². The van der Waals surface area contributed by atoms with Crippen molar-refractivity contribution in [3.8, 4) is 0 Å². The minimum absolute atomic E-state index is 0.574. The van der Waals surface area contributed by atoms with Crippen LogP contribution in [0.3, 0.4) is 0 Å². The molecule has 1 aromatic heterocycles. The van der Waals surface area contributed by atoms with Crippen molar-refractivity contribution in [3.63, 3.8) is 0 Å². The van der Waals surface area contributed by atoms with Gasteiger partial charge in [-0.1, -0.05) is 17.7 Å². The zero-order valence-corrected chi connectivity index (χ0v) is 10.0. The lowest BCUT2D eigenvalue weighted by Crippen LogP contribution is -1.99. The van der Waals surface area contributed by atoms with Crippen LogP contribution in [0, 0.1) is 13.8 Å². The molecule has 2 aromatic rings. The lowest BCUT2D eigenvalue weighted by atomic mass is 10.1. The molecular formula is C12H15ClN2. The molecule has 0 radical (unpaired) electrons. The quantitative estimate of drug-likeness (QED) is 0.791. The number of nitrogens with zero attached hydrogens (tertiary/aromatic N) is 1. The second-order valence-corrected chi connectivity index (χ2v) is 4.30. The minimum atomic E-state index is 0.574. The molecule has 0 saturated carbocycles. The number of hydrogen-bond donors (Lipinski definition) is 1. The van der Waals surface area contributed by atoms with Gasteiger partial charge < -0.3 is 10.3 Å². The Kier molecular flexibility index (Phi) is 2.49. The van der Waals surface area contributed by atoms with Gasteiger partial charge in [0.1, 0.15) is 0 Å². The maximum atomic E-state index is 6.12. The predicted molar refractivity (Wildman–Crippen MR) is 65.3 cm³/mol. The number of hydrogen-bond acceptors (Lipinski definition) is 1. The normalized spacial score (nSPS) is 11.3. The first-order chi connectivity index (χ1) is 7.07. The van der Waals surface area contributed by atoms with Crippen LogP contribution in [0.25, 0.3) is 10.9 Å². The largest absolute Gasteiger partial charge is 0.347 e.